The van der Waals surface area contributed by atoms with Crippen LogP contribution in [0.4, 0.5) is 5.69 Å². The first-order valence-corrected chi connectivity index (χ1v) is 6.01. The lowest BCUT2D eigenvalue weighted by molar-refractivity contribution is 1.38. The van der Waals surface area contributed by atoms with Crippen molar-refractivity contribution in [2.75, 3.05) is 0 Å². The smallest absolute Gasteiger partial charge is 0.0715 e. The van der Waals surface area contributed by atoms with Gasteiger partial charge in [-0.1, -0.05) is 60.7 Å². The lowest BCUT2D eigenvalue weighted by Crippen LogP contribution is -1.97. The molecule has 0 spiro atoms. The van der Waals surface area contributed by atoms with Crippen LogP contribution in [0.5, 0.6) is 0 Å². The van der Waals surface area contributed by atoms with Gasteiger partial charge >= 0.3 is 0 Å². The summed E-state index contributed by atoms with van der Waals surface area (Å²) in [7, 11) is 0. The van der Waals surface area contributed by atoms with Crippen LogP contribution in [0.25, 0.3) is 10.8 Å². The zero-order valence-electron chi connectivity index (χ0n) is 9.95. The van der Waals surface area contributed by atoms with Gasteiger partial charge in [-0.3, -0.25) is 0 Å². The number of hydrogen-bond donors (Lipinski definition) is 0. The molecule has 0 radical (unpaired) electrons. The Morgan fingerprint density at radius 3 is 1.94 bits per heavy atom. The zero-order valence-corrected chi connectivity index (χ0v) is 9.95. The molecule has 0 atom stereocenters. The summed E-state index contributed by atoms with van der Waals surface area (Å²) in [5.74, 6) is 0. The SMILES string of the molecule is c1ccc(N=c2ccccc3ccccc23)cc1. The van der Waals surface area contributed by atoms with Crippen LogP contribution in [-0.2, 0) is 0 Å². The Balaban J connectivity index is 2.34. The van der Waals surface area contributed by atoms with Crippen LogP contribution < -0.4 is 5.36 Å². The van der Waals surface area contributed by atoms with Crippen molar-refractivity contribution in [2.45, 2.75) is 0 Å². The van der Waals surface area contributed by atoms with Gasteiger partial charge < -0.3 is 0 Å². The summed E-state index contributed by atoms with van der Waals surface area (Å²) < 4.78 is 0. The molecule has 0 aliphatic heterocycles. The molecule has 0 unspecified atom stereocenters. The van der Waals surface area contributed by atoms with Crippen molar-refractivity contribution in [3.63, 3.8) is 0 Å². The summed E-state index contributed by atoms with van der Waals surface area (Å²) in [6.45, 7) is 0. The lowest BCUT2D eigenvalue weighted by atomic mass is 10.2. The molecule has 0 saturated carbocycles. The van der Waals surface area contributed by atoms with Gasteiger partial charge in [0.1, 0.15) is 0 Å². The highest BCUT2D eigenvalue weighted by Crippen LogP contribution is 2.11. The summed E-state index contributed by atoms with van der Waals surface area (Å²) in [5, 5.41) is 3.38. The third kappa shape index (κ3) is 2.16. The maximum Gasteiger partial charge on any atom is 0.0715 e. The average Bonchev–Trinajstić information content (AvgIpc) is 2.63. The molecule has 0 bridgehead atoms. The van der Waals surface area contributed by atoms with E-state index in [0.717, 1.165) is 11.0 Å². The van der Waals surface area contributed by atoms with E-state index in [1.54, 1.807) is 0 Å². The highest BCUT2D eigenvalue weighted by atomic mass is 14.7. The van der Waals surface area contributed by atoms with Gasteiger partial charge in [0.15, 0.2) is 0 Å². The van der Waals surface area contributed by atoms with Gasteiger partial charge in [-0.25, -0.2) is 4.99 Å². The van der Waals surface area contributed by atoms with E-state index in [4.69, 9.17) is 4.99 Å². The molecule has 86 valence electrons. The van der Waals surface area contributed by atoms with Crippen molar-refractivity contribution in [2.24, 2.45) is 4.99 Å². The molecule has 3 aromatic rings. The molecular weight excluding hydrogens is 218 g/mol. The Kier molecular flexibility index (Phi) is 2.89. The first kappa shape index (κ1) is 10.7. The molecule has 3 aromatic carbocycles. The van der Waals surface area contributed by atoms with E-state index in [0.29, 0.717) is 0 Å². The van der Waals surface area contributed by atoms with Gasteiger partial charge in [-0.15, -0.1) is 0 Å². The van der Waals surface area contributed by atoms with Crippen molar-refractivity contribution in [3.05, 3.63) is 84.2 Å². The van der Waals surface area contributed by atoms with E-state index in [2.05, 4.69) is 30.3 Å². The summed E-state index contributed by atoms with van der Waals surface area (Å²) in [6, 6.07) is 26.6. The van der Waals surface area contributed by atoms with E-state index in [9.17, 15) is 0 Å². The monoisotopic (exact) mass is 231 g/mol. The van der Waals surface area contributed by atoms with Crippen molar-refractivity contribution >= 4 is 16.5 Å². The van der Waals surface area contributed by atoms with Crippen LogP contribution in [0.3, 0.4) is 0 Å². The molecule has 1 heteroatoms. The molecule has 1 nitrogen and oxygen atoms in total. The molecule has 3 rings (SSSR count). The fourth-order valence-electron chi connectivity index (χ4n) is 2.01. The van der Waals surface area contributed by atoms with Crippen LogP contribution >= 0.6 is 0 Å². The third-order valence-electron chi connectivity index (χ3n) is 2.88. The standard InChI is InChI=1S/C17H13N/c1-2-10-15(11-3-1)18-17-13-7-5-9-14-8-4-6-12-16(14)17/h1-13H. The van der Waals surface area contributed by atoms with E-state index < -0.39 is 0 Å². The number of hydrogen-bond acceptors (Lipinski definition) is 1. The Morgan fingerprint density at radius 1 is 0.556 bits per heavy atom. The minimum Gasteiger partial charge on any atom is -0.248 e. The predicted octanol–water partition coefficient (Wildman–Crippen LogP) is 4.07. The Labute approximate surface area is 106 Å². The molecule has 0 amide bonds. The number of fused-ring (bicyclic) bond motifs is 1. The Morgan fingerprint density at radius 2 is 1.17 bits per heavy atom. The molecule has 18 heavy (non-hydrogen) atoms. The first-order chi connectivity index (χ1) is 8.93. The molecule has 0 saturated heterocycles. The van der Waals surface area contributed by atoms with Gasteiger partial charge in [0.25, 0.3) is 0 Å². The normalized spacial score (nSPS) is 11.7. The van der Waals surface area contributed by atoms with Crippen molar-refractivity contribution in [1.82, 2.24) is 0 Å². The second-order valence-corrected chi connectivity index (χ2v) is 4.14. The summed E-state index contributed by atoms with van der Waals surface area (Å²) in [6.07, 6.45) is 0. The van der Waals surface area contributed by atoms with Gasteiger partial charge in [-0.2, -0.15) is 0 Å². The van der Waals surface area contributed by atoms with Crippen LogP contribution in [0.2, 0.25) is 0 Å². The fourth-order valence-corrected chi connectivity index (χ4v) is 2.01. The van der Waals surface area contributed by atoms with Gasteiger partial charge in [0.2, 0.25) is 0 Å². The third-order valence-corrected chi connectivity index (χ3v) is 2.88. The number of para-hydroxylation sites is 1. The van der Waals surface area contributed by atoms with Crippen molar-refractivity contribution in [1.29, 1.82) is 0 Å². The van der Waals surface area contributed by atoms with Crippen molar-refractivity contribution < 1.29 is 0 Å². The molecule has 0 aliphatic rings. The fraction of sp³-hybridized carbons (Fsp3) is 0. The van der Waals surface area contributed by atoms with Crippen LogP contribution in [-0.4, -0.2) is 0 Å². The number of rotatable bonds is 1. The molecule has 0 aliphatic carbocycles. The molecule has 0 N–H and O–H groups in total. The highest BCUT2D eigenvalue weighted by molar-refractivity contribution is 5.81. The van der Waals surface area contributed by atoms with Gasteiger partial charge in [0.05, 0.1) is 11.0 Å². The summed E-state index contributed by atoms with van der Waals surface area (Å²) in [5.41, 5.74) is 0.980. The van der Waals surface area contributed by atoms with Crippen LogP contribution in [0.1, 0.15) is 0 Å². The summed E-state index contributed by atoms with van der Waals surface area (Å²) in [4.78, 5) is 4.71. The highest BCUT2D eigenvalue weighted by Gasteiger charge is 1.93. The van der Waals surface area contributed by atoms with E-state index in [-0.39, 0.29) is 0 Å². The molecular formula is C17H13N. The van der Waals surface area contributed by atoms with Crippen LogP contribution in [0, 0.1) is 0 Å². The topological polar surface area (TPSA) is 12.4 Å². The Hall–Kier alpha value is -2.41. The second-order valence-electron chi connectivity index (χ2n) is 4.14. The first-order valence-electron chi connectivity index (χ1n) is 6.01. The maximum absolute atomic E-state index is 4.71. The van der Waals surface area contributed by atoms with E-state index in [1.165, 1.54) is 10.8 Å². The van der Waals surface area contributed by atoms with Crippen LogP contribution in [0.15, 0.2) is 83.9 Å². The minimum atomic E-state index is 0.980. The largest absolute Gasteiger partial charge is 0.248 e. The average molecular weight is 231 g/mol. The summed E-state index contributed by atoms with van der Waals surface area (Å²) >= 11 is 0. The van der Waals surface area contributed by atoms with Gasteiger partial charge in [0, 0.05) is 5.39 Å². The second kappa shape index (κ2) is 4.84. The van der Waals surface area contributed by atoms with E-state index >= 15 is 0 Å². The number of nitrogens with zero attached hydrogens (tertiary/aromatic N) is 1. The molecule has 0 fully saturated rings. The maximum atomic E-state index is 4.71. The molecule has 0 aromatic heterocycles. The molecule has 0 heterocycles. The quantitative estimate of drug-likeness (QED) is 0.598. The van der Waals surface area contributed by atoms with Gasteiger partial charge in [-0.05, 0) is 23.6 Å². The minimum absolute atomic E-state index is 0.980. The van der Waals surface area contributed by atoms with Crippen molar-refractivity contribution in [3.8, 4) is 0 Å². The predicted molar refractivity (Wildman–Crippen MR) is 75.6 cm³/mol. The number of benzene rings is 2. The zero-order chi connectivity index (χ0) is 12.2. The van der Waals surface area contributed by atoms with E-state index in [1.807, 2.05) is 48.5 Å². The Bertz CT molecular complexity index is 730. The lowest BCUT2D eigenvalue weighted by Gasteiger charge is -1.94.